The van der Waals surface area contributed by atoms with Crippen molar-refractivity contribution in [3.63, 3.8) is 0 Å². The van der Waals surface area contributed by atoms with Gasteiger partial charge < -0.3 is 10.6 Å². The van der Waals surface area contributed by atoms with Crippen molar-refractivity contribution in [1.29, 1.82) is 0 Å². The van der Waals surface area contributed by atoms with Gasteiger partial charge in [-0.3, -0.25) is 9.59 Å². The molecule has 34 heavy (non-hydrogen) atoms. The first-order valence-corrected chi connectivity index (χ1v) is 12.3. The minimum absolute atomic E-state index is 0.148. The van der Waals surface area contributed by atoms with Gasteiger partial charge in [-0.25, -0.2) is 4.39 Å². The summed E-state index contributed by atoms with van der Waals surface area (Å²) in [4.78, 5) is 27.4. The zero-order valence-electron chi connectivity index (χ0n) is 18.0. The maximum atomic E-state index is 13.8. The van der Waals surface area contributed by atoms with E-state index in [0.717, 1.165) is 9.77 Å². The van der Waals surface area contributed by atoms with E-state index in [-0.39, 0.29) is 17.4 Å². The monoisotopic (exact) mass is 488 g/mol. The summed E-state index contributed by atoms with van der Waals surface area (Å²) in [6, 6.07) is 26.5. The van der Waals surface area contributed by atoms with E-state index in [2.05, 4.69) is 10.6 Å². The van der Waals surface area contributed by atoms with Crippen molar-refractivity contribution in [3.05, 3.63) is 124 Å². The number of nitrogens with one attached hydrogen (secondary N) is 2. The van der Waals surface area contributed by atoms with Gasteiger partial charge in [0.05, 0.1) is 0 Å². The number of hydrogen-bond donors (Lipinski definition) is 2. The van der Waals surface area contributed by atoms with Crippen LogP contribution in [0.2, 0.25) is 0 Å². The summed E-state index contributed by atoms with van der Waals surface area (Å²) in [5.74, 6) is -0.498. The Morgan fingerprint density at radius 1 is 0.882 bits per heavy atom. The van der Waals surface area contributed by atoms with Gasteiger partial charge in [-0.15, -0.1) is 23.1 Å². The average molecular weight is 489 g/mol. The predicted molar refractivity (Wildman–Crippen MR) is 137 cm³/mol. The zero-order chi connectivity index (χ0) is 23.8. The summed E-state index contributed by atoms with van der Waals surface area (Å²) in [5, 5.41) is 7.46. The summed E-state index contributed by atoms with van der Waals surface area (Å²) in [6.07, 6.45) is 1.65. The predicted octanol–water partition coefficient (Wildman–Crippen LogP) is 6.59. The number of amides is 2. The van der Waals surface area contributed by atoms with Crippen LogP contribution in [-0.4, -0.2) is 11.8 Å². The molecule has 4 nitrogen and oxygen atoms in total. The van der Waals surface area contributed by atoms with E-state index < -0.39 is 5.91 Å². The number of carbonyl (C=O) groups excluding carboxylic acids is 2. The number of thiophene rings is 1. The molecule has 0 atom stereocenters. The SMILES string of the molecule is O=C(Nc1ccc(SCc2ccccc2F)cc1)/C(=C/c1cccs1)NC(=O)c1ccccc1. The molecule has 4 rings (SSSR count). The maximum Gasteiger partial charge on any atom is 0.272 e. The molecule has 0 aliphatic carbocycles. The third kappa shape index (κ3) is 6.43. The second-order valence-corrected chi connectivity index (χ2v) is 9.28. The molecule has 3 aromatic carbocycles. The Labute approximate surface area is 205 Å². The Morgan fingerprint density at radius 2 is 1.62 bits per heavy atom. The van der Waals surface area contributed by atoms with Crippen LogP contribution in [0.3, 0.4) is 0 Å². The van der Waals surface area contributed by atoms with Crippen LogP contribution in [0.25, 0.3) is 6.08 Å². The summed E-state index contributed by atoms with van der Waals surface area (Å²) in [6.45, 7) is 0. The first kappa shape index (κ1) is 23.5. The molecule has 170 valence electrons. The number of anilines is 1. The van der Waals surface area contributed by atoms with E-state index in [1.54, 1.807) is 54.6 Å². The largest absolute Gasteiger partial charge is 0.321 e. The molecule has 0 saturated carbocycles. The molecule has 1 heterocycles. The number of benzene rings is 3. The van der Waals surface area contributed by atoms with Gasteiger partial charge in [0.1, 0.15) is 11.5 Å². The molecule has 7 heteroatoms. The van der Waals surface area contributed by atoms with Crippen LogP contribution in [0, 0.1) is 5.82 Å². The lowest BCUT2D eigenvalue weighted by atomic mass is 10.2. The minimum atomic E-state index is -0.426. The van der Waals surface area contributed by atoms with E-state index in [1.807, 2.05) is 41.8 Å². The summed E-state index contributed by atoms with van der Waals surface area (Å²) in [5.41, 5.74) is 1.84. The molecular formula is C27H21FN2O2S2. The number of carbonyl (C=O) groups is 2. The average Bonchev–Trinajstić information content (AvgIpc) is 3.38. The molecule has 2 amide bonds. The lowest BCUT2D eigenvalue weighted by Gasteiger charge is -2.11. The molecule has 0 unspecified atom stereocenters. The first-order chi connectivity index (χ1) is 16.6. The molecule has 0 fully saturated rings. The van der Waals surface area contributed by atoms with Crippen molar-refractivity contribution in [2.24, 2.45) is 0 Å². The van der Waals surface area contributed by atoms with E-state index in [9.17, 15) is 14.0 Å². The van der Waals surface area contributed by atoms with Gasteiger partial charge in [-0.2, -0.15) is 0 Å². The number of thioether (sulfide) groups is 1. The number of rotatable bonds is 8. The fourth-order valence-electron chi connectivity index (χ4n) is 3.07. The number of hydrogen-bond acceptors (Lipinski definition) is 4. The van der Waals surface area contributed by atoms with Crippen LogP contribution in [0.5, 0.6) is 0 Å². The summed E-state index contributed by atoms with van der Waals surface area (Å²) in [7, 11) is 0. The van der Waals surface area contributed by atoms with Gasteiger partial charge in [0.25, 0.3) is 11.8 Å². The van der Waals surface area contributed by atoms with Gasteiger partial charge in [0, 0.05) is 26.8 Å². The van der Waals surface area contributed by atoms with Crippen molar-refractivity contribution < 1.29 is 14.0 Å². The molecular weight excluding hydrogens is 467 g/mol. The molecule has 0 aliphatic rings. The Balaban J connectivity index is 1.43. The standard InChI is InChI=1S/C27H21FN2O2S2/c28-24-11-5-4-9-20(24)18-34-22-14-12-21(13-15-22)29-27(32)25(17-23-10-6-16-33-23)30-26(31)19-7-2-1-3-8-19/h1-17H,18H2,(H,29,32)(H,30,31)/b25-17-. The van der Waals surface area contributed by atoms with E-state index in [0.29, 0.717) is 22.6 Å². The van der Waals surface area contributed by atoms with Crippen LogP contribution in [0.4, 0.5) is 10.1 Å². The highest BCUT2D eigenvalue weighted by molar-refractivity contribution is 7.98. The highest BCUT2D eigenvalue weighted by Gasteiger charge is 2.15. The maximum absolute atomic E-state index is 13.8. The fraction of sp³-hybridized carbons (Fsp3) is 0.0370. The second-order valence-electron chi connectivity index (χ2n) is 7.25. The third-order valence-electron chi connectivity index (χ3n) is 4.82. The quantitative estimate of drug-likeness (QED) is 0.217. The second kappa shape index (κ2) is 11.4. The minimum Gasteiger partial charge on any atom is -0.321 e. The summed E-state index contributed by atoms with van der Waals surface area (Å²) >= 11 is 2.98. The van der Waals surface area contributed by atoms with Crippen molar-refractivity contribution in [2.75, 3.05) is 5.32 Å². The van der Waals surface area contributed by atoms with Crippen LogP contribution in [0.15, 0.2) is 107 Å². The Kier molecular flexibility index (Phi) is 7.91. The van der Waals surface area contributed by atoms with Crippen molar-refractivity contribution in [1.82, 2.24) is 5.32 Å². The third-order valence-corrected chi connectivity index (χ3v) is 6.70. The lowest BCUT2D eigenvalue weighted by molar-refractivity contribution is -0.113. The lowest BCUT2D eigenvalue weighted by Crippen LogP contribution is -2.30. The van der Waals surface area contributed by atoms with E-state index >= 15 is 0 Å². The molecule has 0 saturated heterocycles. The van der Waals surface area contributed by atoms with Gasteiger partial charge in [-0.1, -0.05) is 42.5 Å². The summed E-state index contributed by atoms with van der Waals surface area (Å²) < 4.78 is 13.8. The first-order valence-electron chi connectivity index (χ1n) is 10.5. The Hall–Kier alpha value is -3.68. The van der Waals surface area contributed by atoms with Crippen LogP contribution >= 0.6 is 23.1 Å². The molecule has 0 bridgehead atoms. The Morgan fingerprint density at radius 3 is 2.32 bits per heavy atom. The van der Waals surface area contributed by atoms with Crippen LogP contribution in [-0.2, 0) is 10.5 Å². The van der Waals surface area contributed by atoms with Gasteiger partial charge in [0.2, 0.25) is 0 Å². The molecule has 0 aliphatic heterocycles. The van der Waals surface area contributed by atoms with Crippen molar-refractivity contribution >= 4 is 46.7 Å². The smallest absolute Gasteiger partial charge is 0.272 e. The molecule has 0 radical (unpaired) electrons. The van der Waals surface area contributed by atoms with Crippen molar-refractivity contribution in [3.8, 4) is 0 Å². The molecule has 1 aromatic heterocycles. The molecule has 2 N–H and O–H groups in total. The highest BCUT2D eigenvalue weighted by atomic mass is 32.2. The normalized spacial score (nSPS) is 11.1. The van der Waals surface area contributed by atoms with Crippen molar-refractivity contribution in [2.45, 2.75) is 10.6 Å². The van der Waals surface area contributed by atoms with Gasteiger partial charge >= 0.3 is 0 Å². The topological polar surface area (TPSA) is 58.2 Å². The van der Waals surface area contributed by atoms with Crippen LogP contribution in [0.1, 0.15) is 20.8 Å². The van der Waals surface area contributed by atoms with Crippen LogP contribution < -0.4 is 10.6 Å². The van der Waals surface area contributed by atoms with Gasteiger partial charge in [0.15, 0.2) is 0 Å². The van der Waals surface area contributed by atoms with Gasteiger partial charge in [-0.05, 0) is 65.6 Å². The molecule has 4 aromatic rings. The van der Waals surface area contributed by atoms with E-state index in [4.69, 9.17) is 0 Å². The van der Waals surface area contributed by atoms with E-state index in [1.165, 1.54) is 29.2 Å². The fourth-order valence-corrected chi connectivity index (χ4v) is 4.61. The molecule has 0 spiro atoms. The Bertz CT molecular complexity index is 1290. The highest BCUT2D eigenvalue weighted by Crippen LogP contribution is 2.25. The number of halogens is 1. The zero-order valence-corrected chi connectivity index (χ0v) is 19.7.